The first kappa shape index (κ1) is 12.9. The molecule has 0 spiro atoms. The maximum atomic E-state index is 11.9. The maximum Gasteiger partial charge on any atom is 0.417 e. The lowest BCUT2D eigenvalue weighted by atomic mass is 9.94. The summed E-state index contributed by atoms with van der Waals surface area (Å²) in [5.74, 6) is 0. The number of nitrogens with zero attached hydrogens (tertiary/aromatic N) is 1. The van der Waals surface area contributed by atoms with Gasteiger partial charge in [-0.1, -0.05) is 20.8 Å². The van der Waals surface area contributed by atoms with Crippen LogP contribution in [0.3, 0.4) is 0 Å². The summed E-state index contributed by atoms with van der Waals surface area (Å²) >= 11 is 0. The number of amides is 1. The van der Waals surface area contributed by atoms with E-state index in [0.29, 0.717) is 0 Å². The van der Waals surface area contributed by atoms with Gasteiger partial charge in [0, 0.05) is 11.6 Å². The van der Waals surface area contributed by atoms with Gasteiger partial charge in [0.15, 0.2) is 6.23 Å². The normalized spacial score (nSPS) is 20.9. The second kappa shape index (κ2) is 4.00. The minimum absolute atomic E-state index is 0.152. The summed E-state index contributed by atoms with van der Waals surface area (Å²) in [7, 11) is 0. The molecule has 0 aromatic carbocycles. The number of carbonyl (C=O) groups is 1. The van der Waals surface area contributed by atoms with Crippen molar-refractivity contribution < 1.29 is 14.3 Å². The SMILES string of the molecule is CC(C)(C)OC(=O)N1C=CO[C@H]1C(C)(C)C. The first-order chi connectivity index (χ1) is 7.11. The van der Waals surface area contributed by atoms with Gasteiger partial charge in [-0.25, -0.2) is 9.69 Å². The molecule has 1 aliphatic heterocycles. The summed E-state index contributed by atoms with van der Waals surface area (Å²) in [6.07, 6.45) is 2.47. The Hall–Kier alpha value is -1.19. The van der Waals surface area contributed by atoms with Crippen LogP contribution in [0.15, 0.2) is 12.5 Å². The second-order valence-electron chi connectivity index (χ2n) is 6.03. The molecule has 0 aromatic rings. The molecule has 4 nitrogen and oxygen atoms in total. The number of carbonyl (C=O) groups excluding carboxylic acids is 1. The molecule has 1 atom stereocenters. The molecule has 0 bridgehead atoms. The Balaban J connectivity index is 2.72. The van der Waals surface area contributed by atoms with Crippen molar-refractivity contribution in [3.63, 3.8) is 0 Å². The van der Waals surface area contributed by atoms with E-state index in [2.05, 4.69) is 0 Å². The Morgan fingerprint density at radius 3 is 2.25 bits per heavy atom. The Morgan fingerprint density at radius 2 is 1.81 bits per heavy atom. The van der Waals surface area contributed by atoms with E-state index in [9.17, 15) is 4.79 Å². The molecule has 4 heteroatoms. The van der Waals surface area contributed by atoms with Gasteiger partial charge in [-0.2, -0.15) is 0 Å². The molecular weight excluding hydrogens is 206 g/mol. The number of hydrogen-bond donors (Lipinski definition) is 0. The van der Waals surface area contributed by atoms with Crippen molar-refractivity contribution in [1.82, 2.24) is 4.90 Å². The highest BCUT2D eigenvalue weighted by Crippen LogP contribution is 2.30. The summed E-state index contributed by atoms with van der Waals surface area (Å²) in [6.45, 7) is 11.6. The Morgan fingerprint density at radius 1 is 1.25 bits per heavy atom. The minimum atomic E-state index is -0.490. The average molecular weight is 227 g/mol. The zero-order chi connectivity index (χ0) is 12.6. The van der Waals surface area contributed by atoms with Crippen LogP contribution in [0.1, 0.15) is 41.5 Å². The molecule has 0 unspecified atom stereocenters. The Kier molecular flexibility index (Phi) is 3.22. The molecule has 0 N–H and O–H groups in total. The molecule has 16 heavy (non-hydrogen) atoms. The van der Waals surface area contributed by atoms with Gasteiger partial charge in [0.25, 0.3) is 0 Å². The largest absolute Gasteiger partial charge is 0.475 e. The first-order valence-electron chi connectivity index (χ1n) is 5.45. The third kappa shape index (κ3) is 3.15. The van der Waals surface area contributed by atoms with Crippen LogP contribution in [0.2, 0.25) is 0 Å². The first-order valence-corrected chi connectivity index (χ1v) is 5.45. The third-order valence-electron chi connectivity index (χ3n) is 2.03. The fourth-order valence-corrected chi connectivity index (χ4v) is 1.41. The number of ether oxygens (including phenoxy) is 2. The van der Waals surface area contributed by atoms with Crippen molar-refractivity contribution in [3.8, 4) is 0 Å². The van der Waals surface area contributed by atoms with Crippen LogP contribution in [0, 0.1) is 5.41 Å². The zero-order valence-electron chi connectivity index (χ0n) is 10.9. The molecular formula is C12H21NO3. The summed E-state index contributed by atoms with van der Waals surface area (Å²) in [4.78, 5) is 13.4. The van der Waals surface area contributed by atoms with Gasteiger partial charge >= 0.3 is 6.09 Å². The molecule has 1 rings (SSSR count). The van der Waals surface area contributed by atoms with Crippen LogP contribution in [-0.2, 0) is 9.47 Å². The van der Waals surface area contributed by atoms with E-state index in [1.165, 1.54) is 11.2 Å². The van der Waals surface area contributed by atoms with Crippen molar-refractivity contribution in [3.05, 3.63) is 12.5 Å². The Labute approximate surface area is 97.2 Å². The molecule has 92 valence electrons. The number of rotatable bonds is 0. The van der Waals surface area contributed by atoms with Gasteiger partial charge in [0.05, 0.1) is 0 Å². The van der Waals surface area contributed by atoms with Crippen LogP contribution >= 0.6 is 0 Å². The van der Waals surface area contributed by atoms with Crippen molar-refractivity contribution in [2.75, 3.05) is 0 Å². The molecule has 0 saturated heterocycles. The average Bonchev–Trinajstić information content (AvgIpc) is 2.45. The van der Waals surface area contributed by atoms with Gasteiger partial charge in [0.1, 0.15) is 11.9 Å². The molecule has 1 aliphatic rings. The minimum Gasteiger partial charge on any atom is -0.475 e. The predicted molar refractivity (Wildman–Crippen MR) is 61.5 cm³/mol. The van der Waals surface area contributed by atoms with Gasteiger partial charge in [-0.15, -0.1) is 0 Å². The second-order valence-corrected chi connectivity index (χ2v) is 6.03. The zero-order valence-corrected chi connectivity index (χ0v) is 10.9. The Bertz CT molecular complexity index is 296. The molecule has 1 amide bonds. The fraction of sp³-hybridized carbons (Fsp3) is 0.750. The van der Waals surface area contributed by atoms with Crippen LogP contribution < -0.4 is 0 Å². The summed E-state index contributed by atoms with van der Waals surface area (Å²) < 4.78 is 10.7. The highest BCUT2D eigenvalue weighted by molar-refractivity contribution is 5.70. The molecule has 0 fully saturated rings. The van der Waals surface area contributed by atoms with Crippen molar-refractivity contribution in [2.24, 2.45) is 5.41 Å². The van der Waals surface area contributed by atoms with E-state index in [4.69, 9.17) is 9.47 Å². The summed E-state index contributed by atoms with van der Waals surface area (Å²) in [6, 6.07) is 0. The lowest BCUT2D eigenvalue weighted by Gasteiger charge is -2.33. The lowest BCUT2D eigenvalue weighted by molar-refractivity contribution is -0.0435. The van der Waals surface area contributed by atoms with E-state index >= 15 is 0 Å². The third-order valence-corrected chi connectivity index (χ3v) is 2.03. The molecule has 1 heterocycles. The van der Waals surface area contributed by atoms with Crippen LogP contribution in [0.4, 0.5) is 4.79 Å². The van der Waals surface area contributed by atoms with Gasteiger partial charge < -0.3 is 9.47 Å². The molecule has 0 aromatic heterocycles. The fourth-order valence-electron chi connectivity index (χ4n) is 1.41. The van der Waals surface area contributed by atoms with Crippen molar-refractivity contribution >= 4 is 6.09 Å². The van der Waals surface area contributed by atoms with Gasteiger partial charge in [0.2, 0.25) is 0 Å². The topological polar surface area (TPSA) is 38.8 Å². The molecule has 0 aliphatic carbocycles. The summed E-state index contributed by atoms with van der Waals surface area (Å²) in [5, 5.41) is 0. The highest BCUT2D eigenvalue weighted by atomic mass is 16.6. The van der Waals surface area contributed by atoms with E-state index in [1.54, 1.807) is 6.20 Å². The quantitative estimate of drug-likeness (QED) is 0.638. The predicted octanol–water partition coefficient (Wildman–Crippen LogP) is 3.10. The van der Waals surface area contributed by atoms with Crippen molar-refractivity contribution in [2.45, 2.75) is 53.4 Å². The van der Waals surface area contributed by atoms with Crippen molar-refractivity contribution in [1.29, 1.82) is 0 Å². The summed E-state index contributed by atoms with van der Waals surface area (Å²) in [5.41, 5.74) is -0.643. The molecule has 0 saturated carbocycles. The maximum absolute atomic E-state index is 11.9. The highest BCUT2D eigenvalue weighted by Gasteiger charge is 2.38. The van der Waals surface area contributed by atoms with Gasteiger partial charge in [-0.05, 0) is 20.8 Å². The smallest absolute Gasteiger partial charge is 0.417 e. The van der Waals surface area contributed by atoms with E-state index in [1.807, 2.05) is 41.5 Å². The number of hydrogen-bond acceptors (Lipinski definition) is 3. The lowest BCUT2D eigenvalue weighted by Crippen LogP contribution is -2.44. The van der Waals surface area contributed by atoms with E-state index < -0.39 is 5.60 Å². The van der Waals surface area contributed by atoms with Crippen LogP contribution in [0.25, 0.3) is 0 Å². The van der Waals surface area contributed by atoms with Crippen LogP contribution in [0.5, 0.6) is 0 Å². The standard InChI is InChI=1S/C12H21NO3/c1-11(2,3)9-13(7-8-15-9)10(14)16-12(4,5)6/h7-9H,1-6H3/t9-/m0/s1. The van der Waals surface area contributed by atoms with Crippen LogP contribution in [-0.4, -0.2) is 22.8 Å². The van der Waals surface area contributed by atoms with E-state index in [0.717, 1.165) is 0 Å². The van der Waals surface area contributed by atoms with E-state index in [-0.39, 0.29) is 17.7 Å². The monoisotopic (exact) mass is 227 g/mol. The molecule has 0 radical (unpaired) electrons. The van der Waals surface area contributed by atoms with Gasteiger partial charge in [-0.3, -0.25) is 0 Å².